The van der Waals surface area contributed by atoms with Gasteiger partial charge < -0.3 is 13.7 Å². The summed E-state index contributed by atoms with van der Waals surface area (Å²) >= 11 is 0. The molecule has 1 aliphatic carbocycles. The lowest BCUT2D eigenvalue weighted by molar-refractivity contribution is 0.668. The first kappa shape index (κ1) is 40.3. The lowest BCUT2D eigenvalue weighted by Gasteiger charge is -2.39. The molecule has 1 aliphatic rings. The van der Waals surface area contributed by atoms with Gasteiger partial charge in [-0.1, -0.05) is 134 Å². The van der Waals surface area contributed by atoms with E-state index in [9.17, 15) is 0 Å². The van der Waals surface area contributed by atoms with E-state index >= 15 is 0 Å². The molecule has 0 fully saturated rings. The van der Waals surface area contributed by atoms with Gasteiger partial charge in [0.05, 0.1) is 6.04 Å². The number of fused-ring (bicyclic) bond motifs is 6. The molecule has 13 heteroatoms. The fraction of sp³-hybridized carbons (Fsp3) is 0.0417. The zero-order valence-corrected chi connectivity index (χ0v) is 37.1. The van der Waals surface area contributed by atoms with E-state index in [1.807, 2.05) is 18.2 Å². The Hall–Kier alpha value is -6.11. The Labute approximate surface area is 368 Å². The van der Waals surface area contributed by atoms with Crippen LogP contribution < -0.4 is 26.8 Å². The van der Waals surface area contributed by atoms with E-state index in [2.05, 4.69) is 186 Å². The van der Waals surface area contributed by atoms with Crippen LogP contribution in [0.1, 0.15) is 11.1 Å². The Morgan fingerprint density at radius 3 is 1.72 bits per heavy atom. The summed E-state index contributed by atoms with van der Waals surface area (Å²) in [7, 11) is 22.8. The molecule has 8 aromatic rings. The van der Waals surface area contributed by atoms with Crippen LogP contribution in [-0.4, -0.2) is 91.0 Å². The molecule has 282 valence electrons. The lowest BCUT2D eigenvalue weighted by Crippen LogP contribution is -2.52. The average molecular weight is 774 g/mol. The highest BCUT2D eigenvalue weighted by molar-refractivity contribution is 6.63. The number of allylic oxidation sites excluding steroid dienone is 5. The van der Waals surface area contributed by atoms with Crippen LogP contribution in [-0.2, 0) is 0 Å². The van der Waals surface area contributed by atoms with Crippen molar-refractivity contribution in [1.29, 1.82) is 0 Å². The molecule has 0 saturated heterocycles. The largest absolute Gasteiger partial charge is 0.456 e. The van der Waals surface area contributed by atoms with Gasteiger partial charge in [0, 0.05) is 33.8 Å². The van der Waals surface area contributed by atoms with E-state index in [1.165, 1.54) is 77.2 Å². The van der Waals surface area contributed by atoms with Crippen molar-refractivity contribution in [1.82, 2.24) is 0 Å². The van der Waals surface area contributed by atoms with Crippen LogP contribution in [0.3, 0.4) is 0 Å². The third-order valence-corrected chi connectivity index (χ3v) is 13.8. The van der Waals surface area contributed by atoms with Crippen molar-refractivity contribution in [3.63, 3.8) is 0 Å². The van der Waals surface area contributed by atoms with Gasteiger partial charge in [0.15, 0.2) is 7.85 Å². The second-order valence-corrected chi connectivity index (χ2v) is 17.2. The quantitative estimate of drug-likeness (QED) is 0.114. The monoisotopic (exact) mass is 775 g/mol. The van der Waals surface area contributed by atoms with Crippen molar-refractivity contribution in [2.24, 2.45) is 0 Å². The van der Waals surface area contributed by atoms with Gasteiger partial charge in [0.25, 0.3) is 0 Å². The summed E-state index contributed by atoms with van der Waals surface area (Å²) in [4.78, 5) is 2.69. The summed E-state index contributed by atoms with van der Waals surface area (Å²) in [5.74, 6) is 3.02. The molecular weight excluding hydrogens is 731 g/mol. The van der Waals surface area contributed by atoms with Crippen molar-refractivity contribution < 1.29 is 8.83 Å². The number of rotatable bonds is 8. The molecule has 0 amide bonds. The second-order valence-electron chi connectivity index (χ2n) is 17.2. The van der Waals surface area contributed by atoms with Gasteiger partial charge in [-0.2, -0.15) is 0 Å². The zero-order valence-electron chi connectivity index (χ0n) is 37.1. The molecule has 0 N–H and O–H groups in total. The second kappa shape index (κ2) is 15.7. The number of hydrogen-bond acceptors (Lipinski definition) is 3. The molecule has 61 heavy (non-hydrogen) atoms. The summed E-state index contributed by atoms with van der Waals surface area (Å²) in [6, 6.07) is 40.7. The van der Waals surface area contributed by atoms with E-state index < -0.39 is 0 Å². The first-order valence-corrected chi connectivity index (χ1v) is 21.4. The van der Waals surface area contributed by atoms with Crippen molar-refractivity contribution in [2.45, 2.75) is 6.04 Å². The third kappa shape index (κ3) is 6.63. The predicted octanol–water partition coefficient (Wildman–Crippen LogP) is -0.948. The zero-order chi connectivity index (χ0) is 42.9. The van der Waals surface area contributed by atoms with Crippen LogP contribution in [0.25, 0.3) is 66.2 Å². The fourth-order valence-corrected chi connectivity index (χ4v) is 10.3. The topological polar surface area (TPSA) is 29.5 Å². The number of furan rings is 2. The molecule has 6 aromatic carbocycles. The number of anilines is 1. The molecule has 0 aliphatic heterocycles. The van der Waals surface area contributed by atoms with Crippen LogP contribution in [0.5, 0.6) is 0 Å². The Bertz CT molecular complexity index is 3280. The number of benzene rings is 6. The van der Waals surface area contributed by atoms with Gasteiger partial charge in [-0.25, -0.2) is 0 Å². The van der Waals surface area contributed by atoms with Gasteiger partial charge in [0.1, 0.15) is 92.9 Å². The van der Waals surface area contributed by atoms with Crippen LogP contribution in [0.15, 0.2) is 157 Å². The maximum absolute atomic E-state index is 6.26. The third-order valence-electron chi connectivity index (χ3n) is 13.8. The fourth-order valence-electron chi connectivity index (χ4n) is 10.3. The Morgan fingerprint density at radius 1 is 0.574 bits per heavy atom. The van der Waals surface area contributed by atoms with Crippen molar-refractivity contribution in [3.8, 4) is 23.5 Å². The summed E-state index contributed by atoms with van der Waals surface area (Å²) in [5.41, 5.74) is 24.8. The predicted molar refractivity (Wildman–Crippen MR) is 291 cm³/mol. The number of hydrogen-bond donors (Lipinski definition) is 0. The van der Waals surface area contributed by atoms with Crippen LogP contribution in [0.4, 0.5) is 5.69 Å². The highest BCUT2D eigenvalue weighted by atomic mass is 16.3. The first-order valence-electron chi connectivity index (χ1n) is 21.4. The molecule has 1 unspecified atom stereocenters. The van der Waals surface area contributed by atoms with Gasteiger partial charge in [-0.3, -0.25) is 0 Å². The minimum absolute atomic E-state index is 0.0588. The van der Waals surface area contributed by atoms with Gasteiger partial charge in [-0.05, 0) is 75.3 Å². The molecular formula is C48H43B10NO2. The number of nitrogens with zero attached hydrogens (tertiary/aromatic N) is 1. The van der Waals surface area contributed by atoms with E-state index in [-0.39, 0.29) is 6.04 Å². The van der Waals surface area contributed by atoms with E-state index in [0.29, 0.717) is 6.54 Å². The Balaban J connectivity index is 1.22. The molecule has 2 aromatic heterocycles. The minimum atomic E-state index is 0.0588. The lowest BCUT2D eigenvalue weighted by atomic mass is 9.63. The summed E-state index contributed by atoms with van der Waals surface area (Å²) in [6.45, 7) is 0.714. The molecule has 2 heterocycles. The Morgan fingerprint density at radius 2 is 1.11 bits per heavy atom. The van der Waals surface area contributed by atoms with Crippen LogP contribution >= 0.6 is 0 Å². The normalized spacial score (nSPS) is 15.2. The highest BCUT2D eigenvalue weighted by Gasteiger charge is 2.34. The summed E-state index contributed by atoms with van der Waals surface area (Å²) in [5, 5.41) is 4.49. The average Bonchev–Trinajstić information content (AvgIpc) is 3.90. The maximum atomic E-state index is 6.26. The molecule has 3 nitrogen and oxygen atoms in total. The van der Waals surface area contributed by atoms with Crippen LogP contribution in [0.2, 0.25) is 0 Å². The molecule has 0 bridgehead atoms. The standard InChI is InChI=1S/C48H43B10NO2/c1-2-30(49)36(24-16-18-34-28(20-24)26-12-6-8-14-32(26)60-34)39(51)31(50)22-59(47-43(55)37(40(52)44(47)56)23-10-4-3-5-11-23)48-45(57)41(53)38(42(54)46(48)58)25-17-19-35-29(21-25)27-13-7-9-15-33(27)61-35/h1,3-21,47H,22,49-58H2/b36-30+,39-31-. The van der Waals surface area contributed by atoms with Crippen molar-refractivity contribution >= 4 is 161 Å². The highest BCUT2D eigenvalue weighted by Crippen LogP contribution is 2.40. The van der Waals surface area contributed by atoms with Crippen molar-refractivity contribution in [2.75, 3.05) is 11.4 Å². The molecule has 0 saturated carbocycles. The molecule has 0 spiro atoms. The number of para-hydroxylation sites is 2. The van der Waals surface area contributed by atoms with E-state index in [0.717, 1.165) is 60.5 Å². The maximum Gasteiger partial charge on any atom is 0.151 e. The number of terminal acetylenes is 1. The van der Waals surface area contributed by atoms with Gasteiger partial charge >= 0.3 is 0 Å². The van der Waals surface area contributed by atoms with Crippen molar-refractivity contribution in [3.05, 3.63) is 159 Å². The molecule has 1 atom stereocenters. The van der Waals surface area contributed by atoms with Gasteiger partial charge in [-0.15, -0.1) is 6.42 Å². The molecule has 0 radical (unpaired) electrons. The molecule has 9 rings (SSSR count). The minimum Gasteiger partial charge on any atom is -0.456 e. The van der Waals surface area contributed by atoms with Crippen LogP contribution in [0, 0.1) is 12.3 Å². The summed E-state index contributed by atoms with van der Waals surface area (Å²) in [6.07, 6.45) is 6.26. The first-order chi connectivity index (χ1) is 29.4. The summed E-state index contributed by atoms with van der Waals surface area (Å²) < 4.78 is 12.5. The van der Waals surface area contributed by atoms with E-state index in [4.69, 9.17) is 15.3 Å². The SMILES string of the molecule is BC1=C(B)C(N(C/C(B)=C(B)\C(=C(\B)C#C)c2ccc3oc4ccccc4c3c2)c2c(B)c(B)c(-c3ccc4oc5ccccc5c4c3)c(B)c2B)C(B)=C1c1ccccc1. The Kier molecular flexibility index (Phi) is 10.4. The van der Waals surface area contributed by atoms with Gasteiger partial charge in [0.2, 0.25) is 0 Å². The van der Waals surface area contributed by atoms with E-state index in [1.54, 1.807) is 0 Å². The smallest absolute Gasteiger partial charge is 0.151 e.